The number of hydrogen-bond acceptors (Lipinski definition) is 4. The molecule has 0 saturated heterocycles. The maximum Gasteiger partial charge on any atom is 0.255 e. The number of carbonyl (C=O) groups is 1. The van der Waals surface area contributed by atoms with Crippen LogP contribution in [0.3, 0.4) is 0 Å². The Hall–Kier alpha value is -2.14. The first-order chi connectivity index (χ1) is 10.2. The highest BCUT2D eigenvalue weighted by Gasteiger charge is 2.10. The van der Waals surface area contributed by atoms with E-state index in [1.807, 2.05) is 30.5 Å². The van der Waals surface area contributed by atoms with Gasteiger partial charge >= 0.3 is 0 Å². The molecular formula is C16H17NO3S. The molecule has 2 aromatic rings. The molecule has 0 saturated carbocycles. The molecule has 21 heavy (non-hydrogen) atoms. The third-order valence-electron chi connectivity index (χ3n) is 2.96. The number of methoxy groups -OCH3 is 2. The van der Waals surface area contributed by atoms with E-state index in [0.29, 0.717) is 17.1 Å². The van der Waals surface area contributed by atoms with E-state index in [-0.39, 0.29) is 5.91 Å². The van der Waals surface area contributed by atoms with Gasteiger partial charge in [-0.05, 0) is 42.7 Å². The second-order valence-electron chi connectivity index (χ2n) is 4.28. The van der Waals surface area contributed by atoms with Gasteiger partial charge in [0.15, 0.2) is 0 Å². The Morgan fingerprint density at radius 2 is 1.57 bits per heavy atom. The highest BCUT2D eigenvalue weighted by molar-refractivity contribution is 7.98. The lowest BCUT2D eigenvalue weighted by atomic mass is 10.2. The van der Waals surface area contributed by atoms with Crippen LogP contribution in [-0.2, 0) is 0 Å². The summed E-state index contributed by atoms with van der Waals surface area (Å²) in [6, 6.07) is 12.8. The Labute approximate surface area is 128 Å². The fourth-order valence-electron chi connectivity index (χ4n) is 1.82. The second-order valence-corrected chi connectivity index (χ2v) is 5.16. The topological polar surface area (TPSA) is 47.6 Å². The minimum atomic E-state index is -0.205. The van der Waals surface area contributed by atoms with Crippen LogP contribution in [0.4, 0.5) is 5.69 Å². The third-order valence-corrected chi connectivity index (χ3v) is 3.71. The molecule has 0 radical (unpaired) electrons. The van der Waals surface area contributed by atoms with Gasteiger partial charge in [0.05, 0.1) is 14.2 Å². The van der Waals surface area contributed by atoms with Crippen molar-refractivity contribution in [2.45, 2.75) is 4.90 Å². The van der Waals surface area contributed by atoms with Crippen LogP contribution in [0.2, 0.25) is 0 Å². The molecule has 0 bridgehead atoms. The number of benzene rings is 2. The zero-order valence-corrected chi connectivity index (χ0v) is 13.0. The SMILES string of the molecule is COc1cc(OC)cc(C(=O)Nc2ccc(SC)cc2)c1. The van der Waals surface area contributed by atoms with E-state index in [4.69, 9.17) is 9.47 Å². The Balaban J connectivity index is 2.18. The van der Waals surface area contributed by atoms with Crippen LogP contribution in [0.25, 0.3) is 0 Å². The lowest BCUT2D eigenvalue weighted by Gasteiger charge is -2.09. The summed E-state index contributed by atoms with van der Waals surface area (Å²) in [7, 11) is 3.11. The van der Waals surface area contributed by atoms with Gasteiger partial charge in [0.25, 0.3) is 5.91 Å². The summed E-state index contributed by atoms with van der Waals surface area (Å²) in [6.07, 6.45) is 2.01. The number of anilines is 1. The summed E-state index contributed by atoms with van der Waals surface area (Å²) in [6.45, 7) is 0. The maximum atomic E-state index is 12.3. The minimum absolute atomic E-state index is 0.205. The van der Waals surface area contributed by atoms with Gasteiger partial charge in [0.2, 0.25) is 0 Å². The van der Waals surface area contributed by atoms with Crippen LogP contribution in [0, 0.1) is 0 Å². The molecule has 1 amide bonds. The second kappa shape index (κ2) is 7.04. The molecular weight excluding hydrogens is 286 g/mol. The van der Waals surface area contributed by atoms with E-state index in [1.165, 1.54) is 0 Å². The van der Waals surface area contributed by atoms with E-state index in [0.717, 1.165) is 10.6 Å². The van der Waals surface area contributed by atoms with Gasteiger partial charge in [-0.1, -0.05) is 0 Å². The smallest absolute Gasteiger partial charge is 0.255 e. The van der Waals surface area contributed by atoms with Crippen LogP contribution < -0.4 is 14.8 Å². The number of rotatable bonds is 5. The minimum Gasteiger partial charge on any atom is -0.497 e. The molecule has 0 aromatic heterocycles. The number of thioether (sulfide) groups is 1. The van der Waals surface area contributed by atoms with Crippen molar-refractivity contribution in [2.24, 2.45) is 0 Å². The zero-order chi connectivity index (χ0) is 15.2. The number of nitrogens with one attached hydrogen (secondary N) is 1. The normalized spacial score (nSPS) is 10.0. The van der Waals surface area contributed by atoms with Gasteiger partial charge in [-0.3, -0.25) is 4.79 Å². The summed E-state index contributed by atoms with van der Waals surface area (Å²) in [5.74, 6) is 0.957. The molecule has 5 heteroatoms. The van der Waals surface area contributed by atoms with Crippen LogP contribution in [0.1, 0.15) is 10.4 Å². The molecule has 1 N–H and O–H groups in total. The summed E-state index contributed by atoms with van der Waals surface area (Å²) in [4.78, 5) is 13.4. The van der Waals surface area contributed by atoms with Crippen molar-refractivity contribution >= 4 is 23.4 Å². The fourth-order valence-corrected chi connectivity index (χ4v) is 2.22. The highest BCUT2D eigenvalue weighted by atomic mass is 32.2. The molecule has 0 fully saturated rings. The first kappa shape index (κ1) is 15.3. The number of hydrogen-bond donors (Lipinski definition) is 1. The standard InChI is InChI=1S/C16H17NO3S/c1-19-13-8-11(9-14(10-13)20-2)16(18)17-12-4-6-15(21-3)7-5-12/h4-10H,1-3H3,(H,17,18). The molecule has 0 aliphatic rings. The number of amides is 1. The van der Waals surface area contributed by atoms with E-state index < -0.39 is 0 Å². The van der Waals surface area contributed by atoms with Crippen LogP contribution in [-0.4, -0.2) is 26.4 Å². The van der Waals surface area contributed by atoms with Gasteiger partial charge in [-0.25, -0.2) is 0 Å². The quantitative estimate of drug-likeness (QED) is 0.856. The van der Waals surface area contributed by atoms with Gasteiger partial charge in [0.1, 0.15) is 11.5 Å². The van der Waals surface area contributed by atoms with Gasteiger partial charge in [-0.15, -0.1) is 11.8 Å². The summed E-state index contributed by atoms with van der Waals surface area (Å²) < 4.78 is 10.3. The molecule has 0 aliphatic carbocycles. The third kappa shape index (κ3) is 3.92. The van der Waals surface area contributed by atoms with E-state index in [2.05, 4.69) is 5.32 Å². The molecule has 4 nitrogen and oxygen atoms in total. The Kier molecular flexibility index (Phi) is 5.11. The largest absolute Gasteiger partial charge is 0.497 e. The van der Waals surface area contributed by atoms with Crippen molar-refractivity contribution in [3.05, 3.63) is 48.0 Å². The number of carbonyl (C=O) groups excluding carboxylic acids is 1. The van der Waals surface area contributed by atoms with Gasteiger partial charge < -0.3 is 14.8 Å². The average molecular weight is 303 g/mol. The first-order valence-corrected chi connectivity index (χ1v) is 7.57. The molecule has 0 unspecified atom stereocenters. The predicted molar refractivity (Wildman–Crippen MR) is 85.7 cm³/mol. The van der Waals surface area contributed by atoms with Crippen molar-refractivity contribution in [2.75, 3.05) is 25.8 Å². The maximum absolute atomic E-state index is 12.3. The lowest BCUT2D eigenvalue weighted by Crippen LogP contribution is -2.12. The molecule has 0 heterocycles. The predicted octanol–water partition coefficient (Wildman–Crippen LogP) is 3.68. The van der Waals surface area contributed by atoms with Crippen LogP contribution >= 0.6 is 11.8 Å². The van der Waals surface area contributed by atoms with Crippen molar-refractivity contribution in [3.8, 4) is 11.5 Å². The molecule has 0 spiro atoms. The first-order valence-electron chi connectivity index (χ1n) is 6.34. The van der Waals surface area contributed by atoms with Crippen molar-refractivity contribution in [3.63, 3.8) is 0 Å². The Morgan fingerprint density at radius 3 is 2.05 bits per heavy atom. The van der Waals surface area contributed by atoms with Crippen molar-refractivity contribution in [1.29, 1.82) is 0 Å². The molecule has 2 aromatic carbocycles. The average Bonchev–Trinajstić information content (AvgIpc) is 2.54. The molecule has 110 valence electrons. The molecule has 0 atom stereocenters. The highest BCUT2D eigenvalue weighted by Crippen LogP contribution is 2.23. The molecule has 2 rings (SSSR count). The van der Waals surface area contributed by atoms with E-state index >= 15 is 0 Å². The lowest BCUT2D eigenvalue weighted by molar-refractivity contribution is 0.102. The van der Waals surface area contributed by atoms with Crippen LogP contribution in [0.5, 0.6) is 11.5 Å². The van der Waals surface area contributed by atoms with E-state index in [9.17, 15) is 4.79 Å². The Morgan fingerprint density at radius 1 is 1.00 bits per heavy atom. The van der Waals surface area contributed by atoms with Gasteiger partial charge in [0, 0.05) is 22.2 Å². The number of ether oxygens (including phenoxy) is 2. The summed E-state index contributed by atoms with van der Waals surface area (Å²) >= 11 is 1.66. The molecule has 0 aliphatic heterocycles. The monoisotopic (exact) mass is 303 g/mol. The van der Waals surface area contributed by atoms with E-state index in [1.54, 1.807) is 44.2 Å². The van der Waals surface area contributed by atoms with Crippen molar-refractivity contribution in [1.82, 2.24) is 0 Å². The van der Waals surface area contributed by atoms with Crippen LogP contribution in [0.15, 0.2) is 47.4 Å². The fraction of sp³-hybridized carbons (Fsp3) is 0.188. The summed E-state index contributed by atoms with van der Waals surface area (Å²) in [5.41, 5.74) is 1.24. The van der Waals surface area contributed by atoms with Gasteiger partial charge in [-0.2, -0.15) is 0 Å². The summed E-state index contributed by atoms with van der Waals surface area (Å²) in [5, 5.41) is 2.85. The Bertz CT molecular complexity index is 604. The van der Waals surface area contributed by atoms with Crippen molar-refractivity contribution < 1.29 is 14.3 Å². The zero-order valence-electron chi connectivity index (χ0n) is 12.2.